The maximum absolute atomic E-state index is 12.4. The molecule has 2 unspecified atom stereocenters. The van der Waals surface area contributed by atoms with E-state index in [9.17, 15) is 4.79 Å². The molecule has 3 heterocycles. The van der Waals surface area contributed by atoms with Gasteiger partial charge in [-0.25, -0.2) is 4.52 Å². The summed E-state index contributed by atoms with van der Waals surface area (Å²) in [5, 5.41) is 10.7. The highest BCUT2D eigenvalue weighted by atomic mass is 16.1. The standard InChI is InChI=1S/C14H19N5O/c1-10(12-4-2-3-5-16-12)18-14(20)11-8-17-19-7-6-15-9-13(11)19/h6-10,12,16H,2-5H2,1H3,(H,18,20). The molecule has 3 rings (SSSR count). The van der Waals surface area contributed by atoms with Crippen molar-refractivity contribution in [1.82, 2.24) is 25.2 Å². The number of piperidine rings is 1. The maximum atomic E-state index is 12.4. The van der Waals surface area contributed by atoms with Crippen molar-refractivity contribution >= 4 is 11.4 Å². The molecule has 2 atom stereocenters. The first-order chi connectivity index (χ1) is 9.75. The van der Waals surface area contributed by atoms with Crippen LogP contribution < -0.4 is 10.6 Å². The highest BCUT2D eigenvalue weighted by molar-refractivity contribution is 6.00. The molecule has 2 aromatic rings. The van der Waals surface area contributed by atoms with Gasteiger partial charge in [-0.3, -0.25) is 9.78 Å². The van der Waals surface area contributed by atoms with E-state index in [-0.39, 0.29) is 11.9 Å². The molecular formula is C14H19N5O. The second-order valence-corrected chi connectivity index (χ2v) is 5.28. The predicted octanol–water partition coefficient (Wildman–Crippen LogP) is 0.990. The van der Waals surface area contributed by atoms with Crippen LogP contribution >= 0.6 is 0 Å². The minimum Gasteiger partial charge on any atom is -0.348 e. The molecule has 0 bridgehead atoms. The number of nitrogens with one attached hydrogen (secondary N) is 2. The Labute approximate surface area is 117 Å². The molecule has 0 radical (unpaired) electrons. The smallest absolute Gasteiger partial charge is 0.255 e. The minimum absolute atomic E-state index is 0.0899. The quantitative estimate of drug-likeness (QED) is 0.875. The lowest BCUT2D eigenvalue weighted by Crippen LogP contribution is -2.50. The first-order valence-corrected chi connectivity index (χ1v) is 7.07. The lowest BCUT2D eigenvalue weighted by molar-refractivity contribution is 0.0929. The van der Waals surface area contributed by atoms with E-state index in [1.54, 1.807) is 29.3 Å². The number of carbonyl (C=O) groups is 1. The number of rotatable bonds is 3. The van der Waals surface area contributed by atoms with Crippen molar-refractivity contribution in [3.63, 3.8) is 0 Å². The van der Waals surface area contributed by atoms with Crippen LogP contribution in [0.15, 0.2) is 24.8 Å². The summed E-state index contributed by atoms with van der Waals surface area (Å²) in [7, 11) is 0. The van der Waals surface area contributed by atoms with E-state index < -0.39 is 0 Å². The molecule has 1 saturated heterocycles. The van der Waals surface area contributed by atoms with Crippen LogP contribution in [0, 0.1) is 0 Å². The van der Waals surface area contributed by atoms with Gasteiger partial charge in [-0.2, -0.15) is 5.10 Å². The van der Waals surface area contributed by atoms with Crippen LogP contribution in [-0.2, 0) is 0 Å². The summed E-state index contributed by atoms with van der Waals surface area (Å²) < 4.78 is 1.66. The molecule has 6 nitrogen and oxygen atoms in total. The van der Waals surface area contributed by atoms with E-state index in [1.807, 2.05) is 6.92 Å². The van der Waals surface area contributed by atoms with E-state index in [4.69, 9.17) is 0 Å². The van der Waals surface area contributed by atoms with E-state index in [2.05, 4.69) is 20.7 Å². The number of amides is 1. The van der Waals surface area contributed by atoms with Gasteiger partial charge in [-0.15, -0.1) is 0 Å². The minimum atomic E-state index is -0.0899. The Morgan fingerprint density at radius 1 is 1.50 bits per heavy atom. The fourth-order valence-corrected chi connectivity index (χ4v) is 2.70. The van der Waals surface area contributed by atoms with Crippen LogP contribution in [-0.4, -0.2) is 39.1 Å². The monoisotopic (exact) mass is 273 g/mol. The van der Waals surface area contributed by atoms with Gasteiger partial charge in [-0.1, -0.05) is 6.42 Å². The summed E-state index contributed by atoms with van der Waals surface area (Å²) in [5.74, 6) is -0.0899. The first kappa shape index (κ1) is 13.1. The van der Waals surface area contributed by atoms with Crippen LogP contribution in [0.4, 0.5) is 0 Å². The van der Waals surface area contributed by atoms with Crippen LogP contribution in [0.2, 0.25) is 0 Å². The predicted molar refractivity (Wildman–Crippen MR) is 75.6 cm³/mol. The van der Waals surface area contributed by atoms with Gasteiger partial charge in [0.25, 0.3) is 5.91 Å². The highest BCUT2D eigenvalue weighted by Gasteiger charge is 2.22. The van der Waals surface area contributed by atoms with Gasteiger partial charge in [0.15, 0.2) is 0 Å². The van der Waals surface area contributed by atoms with Gasteiger partial charge in [0.1, 0.15) is 0 Å². The molecule has 106 valence electrons. The fourth-order valence-electron chi connectivity index (χ4n) is 2.70. The summed E-state index contributed by atoms with van der Waals surface area (Å²) in [4.78, 5) is 16.4. The molecule has 6 heteroatoms. The average molecular weight is 273 g/mol. The Morgan fingerprint density at radius 3 is 3.20 bits per heavy atom. The van der Waals surface area contributed by atoms with Gasteiger partial charge in [0.05, 0.1) is 23.5 Å². The third-order valence-corrected chi connectivity index (χ3v) is 3.88. The summed E-state index contributed by atoms with van der Waals surface area (Å²) in [6.07, 6.45) is 10.2. The van der Waals surface area contributed by atoms with Crippen molar-refractivity contribution in [1.29, 1.82) is 0 Å². The Bertz CT molecular complexity index is 602. The third-order valence-electron chi connectivity index (χ3n) is 3.88. The largest absolute Gasteiger partial charge is 0.348 e. The van der Waals surface area contributed by atoms with Crippen LogP contribution in [0.3, 0.4) is 0 Å². The van der Waals surface area contributed by atoms with Crippen molar-refractivity contribution in [2.45, 2.75) is 38.3 Å². The van der Waals surface area contributed by atoms with Gasteiger partial charge in [0.2, 0.25) is 0 Å². The van der Waals surface area contributed by atoms with E-state index >= 15 is 0 Å². The number of hydrogen-bond acceptors (Lipinski definition) is 4. The normalized spacial score (nSPS) is 20.8. The van der Waals surface area contributed by atoms with Crippen LogP contribution in [0.1, 0.15) is 36.5 Å². The topological polar surface area (TPSA) is 71.3 Å². The Kier molecular flexibility index (Phi) is 3.64. The van der Waals surface area contributed by atoms with Crippen molar-refractivity contribution < 1.29 is 4.79 Å². The van der Waals surface area contributed by atoms with Crippen molar-refractivity contribution in [3.05, 3.63) is 30.4 Å². The Hall–Kier alpha value is -1.95. The molecule has 1 amide bonds. The van der Waals surface area contributed by atoms with E-state index in [0.29, 0.717) is 11.6 Å². The fraction of sp³-hybridized carbons (Fsp3) is 0.500. The molecule has 1 aliphatic heterocycles. The molecule has 0 aliphatic carbocycles. The lowest BCUT2D eigenvalue weighted by atomic mass is 9.99. The number of hydrogen-bond donors (Lipinski definition) is 2. The van der Waals surface area contributed by atoms with E-state index in [1.165, 1.54) is 12.8 Å². The molecule has 20 heavy (non-hydrogen) atoms. The maximum Gasteiger partial charge on any atom is 0.255 e. The summed E-state index contributed by atoms with van der Waals surface area (Å²) in [6.45, 7) is 3.08. The number of nitrogens with zero attached hydrogens (tertiary/aromatic N) is 3. The second-order valence-electron chi connectivity index (χ2n) is 5.28. The van der Waals surface area contributed by atoms with Crippen molar-refractivity contribution in [2.75, 3.05) is 6.54 Å². The summed E-state index contributed by atoms with van der Waals surface area (Å²) in [6, 6.07) is 0.460. The number of fused-ring (bicyclic) bond motifs is 1. The van der Waals surface area contributed by atoms with E-state index in [0.717, 1.165) is 18.5 Å². The zero-order valence-electron chi connectivity index (χ0n) is 11.5. The van der Waals surface area contributed by atoms with Gasteiger partial charge in [-0.05, 0) is 26.3 Å². The zero-order chi connectivity index (χ0) is 13.9. The van der Waals surface area contributed by atoms with Crippen LogP contribution in [0.25, 0.3) is 5.52 Å². The zero-order valence-corrected chi connectivity index (χ0v) is 11.5. The average Bonchev–Trinajstić information content (AvgIpc) is 2.92. The van der Waals surface area contributed by atoms with Crippen molar-refractivity contribution in [2.24, 2.45) is 0 Å². The highest BCUT2D eigenvalue weighted by Crippen LogP contribution is 2.12. The molecule has 2 N–H and O–H groups in total. The summed E-state index contributed by atoms with van der Waals surface area (Å²) in [5.41, 5.74) is 1.30. The Balaban J connectivity index is 1.72. The first-order valence-electron chi connectivity index (χ1n) is 7.07. The third kappa shape index (κ3) is 2.51. The van der Waals surface area contributed by atoms with Crippen LogP contribution in [0.5, 0.6) is 0 Å². The van der Waals surface area contributed by atoms with Gasteiger partial charge < -0.3 is 10.6 Å². The van der Waals surface area contributed by atoms with Gasteiger partial charge >= 0.3 is 0 Å². The molecule has 0 aromatic carbocycles. The van der Waals surface area contributed by atoms with Crippen molar-refractivity contribution in [3.8, 4) is 0 Å². The Morgan fingerprint density at radius 2 is 2.40 bits per heavy atom. The van der Waals surface area contributed by atoms with Gasteiger partial charge in [0, 0.05) is 24.5 Å². The number of aromatic nitrogens is 3. The molecule has 0 saturated carbocycles. The lowest BCUT2D eigenvalue weighted by Gasteiger charge is -2.29. The molecule has 1 fully saturated rings. The molecule has 2 aromatic heterocycles. The number of carbonyl (C=O) groups excluding carboxylic acids is 1. The summed E-state index contributed by atoms with van der Waals surface area (Å²) >= 11 is 0. The second kappa shape index (κ2) is 5.58. The molecular weight excluding hydrogens is 254 g/mol. The SMILES string of the molecule is CC(NC(=O)c1cnn2ccncc12)C1CCCCN1. The molecule has 0 spiro atoms. The molecule has 1 aliphatic rings.